The van der Waals surface area contributed by atoms with Crippen LogP contribution in [-0.2, 0) is 21.0 Å². The summed E-state index contributed by atoms with van der Waals surface area (Å²) in [6.45, 7) is 0.671. The second-order valence-corrected chi connectivity index (χ2v) is 11.3. The smallest absolute Gasteiger partial charge is 0.321 e. The van der Waals surface area contributed by atoms with E-state index in [9.17, 15) is 35.6 Å². The van der Waals surface area contributed by atoms with Crippen molar-refractivity contribution in [3.05, 3.63) is 52.4 Å². The minimum atomic E-state index is -4.74. The van der Waals surface area contributed by atoms with Gasteiger partial charge in [0.15, 0.2) is 0 Å². The fourth-order valence-electron chi connectivity index (χ4n) is 3.68. The Morgan fingerprint density at radius 2 is 1.84 bits per heavy atom. The van der Waals surface area contributed by atoms with E-state index in [-0.39, 0.29) is 29.5 Å². The van der Waals surface area contributed by atoms with Gasteiger partial charge in [-0.1, -0.05) is 11.6 Å². The molecule has 1 atom stereocenters. The molecule has 0 saturated carbocycles. The normalized spacial score (nSPS) is 16.6. The molecule has 2 aromatic rings. The van der Waals surface area contributed by atoms with Crippen LogP contribution >= 0.6 is 11.6 Å². The molecule has 9 nitrogen and oxygen atoms in total. The molecular weight excluding hydrogens is 542 g/mol. The lowest BCUT2D eigenvalue weighted by Gasteiger charge is -2.27. The number of urea groups is 1. The highest BCUT2D eigenvalue weighted by Crippen LogP contribution is 2.34. The molecule has 0 aliphatic carbocycles. The zero-order valence-electron chi connectivity index (χ0n) is 20.3. The van der Waals surface area contributed by atoms with Crippen LogP contribution in [-0.4, -0.2) is 80.6 Å². The second-order valence-electron chi connectivity index (χ2n) is 8.56. The number of amides is 3. The summed E-state index contributed by atoms with van der Waals surface area (Å²) in [5, 5.41) is -0.262. The standard InChI is InChI=1S/C22H24ClF4N5O4S/c1-13-9-14(22(25,26)27)10-19(28-13)32-18(12-31(21(32)34)7-8-37(35,36)29(2)3)20(33)30(4)15-5-6-17(24)16(23)11-15/h5-6,9-11,18H,7-8,12H2,1-4H3/t18-/m0/s1. The van der Waals surface area contributed by atoms with E-state index < -0.39 is 57.1 Å². The number of benzene rings is 1. The van der Waals surface area contributed by atoms with E-state index in [0.717, 1.165) is 31.1 Å². The van der Waals surface area contributed by atoms with Crippen molar-refractivity contribution in [3.63, 3.8) is 0 Å². The molecule has 3 amide bonds. The summed E-state index contributed by atoms with van der Waals surface area (Å²) >= 11 is 5.82. The molecule has 0 N–H and O–H groups in total. The van der Waals surface area contributed by atoms with Crippen molar-refractivity contribution in [1.29, 1.82) is 0 Å². The predicted molar refractivity (Wildman–Crippen MR) is 130 cm³/mol. The fraction of sp³-hybridized carbons (Fsp3) is 0.409. The quantitative estimate of drug-likeness (QED) is 0.480. The number of hydrogen-bond acceptors (Lipinski definition) is 5. The molecule has 3 rings (SSSR count). The first kappa shape index (κ1) is 28.6. The van der Waals surface area contributed by atoms with Crippen LogP contribution in [0.25, 0.3) is 0 Å². The molecule has 1 aliphatic heterocycles. The third-order valence-electron chi connectivity index (χ3n) is 5.78. The number of aryl methyl sites for hydroxylation is 1. The highest BCUT2D eigenvalue weighted by Gasteiger charge is 2.45. The molecule has 0 unspecified atom stereocenters. The Morgan fingerprint density at radius 1 is 1.19 bits per heavy atom. The van der Waals surface area contributed by atoms with Gasteiger partial charge in [-0.2, -0.15) is 13.2 Å². The fourth-order valence-corrected chi connectivity index (χ4v) is 4.67. The van der Waals surface area contributed by atoms with Gasteiger partial charge in [-0.05, 0) is 37.3 Å². The van der Waals surface area contributed by atoms with Crippen molar-refractivity contribution in [3.8, 4) is 0 Å². The number of carbonyl (C=O) groups excluding carboxylic acids is 2. The van der Waals surface area contributed by atoms with Crippen LogP contribution in [0.1, 0.15) is 11.3 Å². The van der Waals surface area contributed by atoms with Crippen LogP contribution in [0.15, 0.2) is 30.3 Å². The van der Waals surface area contributed by atoms with Gasteiger partial charge in [0.05, 0.1) is 22.9 Å². The number of carbonyl (C=O) groups is 2. The lowest BCUT2D eigenvalue weighted by atomic mass is 10.1. The molecule has 15 heteroatoms. The van der Waals surface area contributed by atoms with Gasteiger partial charge < -0.3 is 9.80 Å². The van der Waals surface area contributed by atoms with E-state index in [0.29, 0.717) is 6.07 Å². The summed E-state index contributed by atoms with van der Waals surface area (Å²) in [6.07, 6.45) is -4.74. The van der Waals surface area contributed by atoms with E-state index in [4.69, 9.17) is 11.6 Å². The number of sulfonamides is 1. The van der Waals surface area contributed by atoms with Gasteiger partial charge in [0.2, 0.25) is 10.0 Å². The average molecular weight is 566 g/mol. The minimum Gasteiger partial charge on any atom is -0.321 e. The molecule has 0 bridgehead atoms. The summed E-state index contributed by atoms with van der Waals surface area (Å²) in [7, 11) is 0.248. The average Bonchev–Trinajstić information content (AvgIpc) is 3.13. The van der Waals surface area contributed by atoms with Crippen molar-refractivity contribution in [2.24, 2.45) is 0 Å². The lowest BCUT2D eigenvalue weighted by molar-refractivity contribution is -0.137. The number of alkyl halides is 3. The summed E-state index contributed by atoms with van der Waals surface area (Å²) in [5.41, 5.74) is -0.942. The molecule has 1 aliphatic rings. The summed E-state index contributed by atoms with van der Waals surface area (Å²) in [4.78, 5) is 33.8. The Labute approximate surface area is 216 Å². The minimum absolute atomic E-state index is 0.0452. The number of halogens is 5. The Morgan fingerprint density at radius 3 is 2.41 bits per heavy atom. The highest BCUT2D eigenvalue weighted by molar-refractivity contribution is 7.89. The number of aromatic nitrogens is 1. The highest BCUT2D eigenvalue weighted by atomic mass is 35.5. The number of anilines is 2. The van der Waals surface area contributed by atoms with E-state index in [1.807, 2.05) is 0 Å². The molecule has 1 aromatic heterocycles. The first-order chi connectivity index (χ1) is 17.0. The number of nitrogens with zero attached hydrogens (tertiary/aromatic N) is 5. The van der Waals surface area contributed by atoms with E-state index in [2.05, 4.69) is 4.98 Å². The largest absolute Gasteiger partial charge is 0.416 e. The molecule has 202 valence electrons. The summed E-state index contributed by atoms with van der Waals surface area (Å²) in [6, 6.07) is 2.70. The van der Waals surface area contributed by atoms with Crippen LogP contribution in [0.4, 0.5) is 33.9 Å². The third-order valence-corrected chi connectivity index (χ3v) is 7.88. The van der Waals surface area contributed by atoms with Crippen molar-refractivity contribution in [1.82, 2.24) is 14.2 Å². The first-order valence-electron chi connectivity index (χ1n) is 10.8. The summed E-state index contributed by atoms with van der Waals surface area (Å²) < 4.78 is 79.5. The Balaban J connectivity index is 2.03. The van der Waals surface area contributed by atoms with E-state index in [1.54, 1.807) is 0 Å². The molecule has 0 radical (unpaired) electrons. The van der Waals surface area contributed by atoms with Crippen LogP contribution < -0.4 is 9.80 Å². The zero-order valence-corrected chi connectivity index (χ0v) is 21.8. The topological polar surface area (TPSA) is 94.1 Å². The second kappa shape index (κ2) is 10.4. The Hall–Kier alpha value is -2.97. The predicted octanol–water partition coefficient (Wildman–Crippen LogP) is 3.37. The van der Waals surface area contributed by atoms with Crippen LogP contribution in [0.2, 0.25) is 5.02 Å². The first-order valence-corrected chi connectivity index (χ1v) is 12.8. The number of likely N-dealkylation sites (N-methyl/N-ethyl adjacent to an activating group) is 1. The molecule has 1 saturated heterocycles. The van der Waals surface area contributed by atoms with Crippen LogP contribution in [0, 0.1) is 12.7 Å². The van der Waals surface area contributed by atoms with Gasteiger partial charge in [-0.15, -0.1) is 0 Å². The Kier molecular flexibility index (Phi) is 8.05. The van der Waals surface area contributed by atoms with Crippen molar-refractivity contribution >= 4 is 45.1 Å². The van der Waals surface area contributed by atoms with Gasteiger partial charge >= 0.3 is 12.2 Å². The van der Waals surface area contributed by atoms with Gasteiger partial charge in [0.1, 0.15) is 17.7 Å². The zero-order chi connectivity index (χ0) is 27.9. The molecule has 37 heavy (non-hydrogen) atoms. The number of rotatable bonds is 7. The van der Waals surface area contributed by atoms with Crippen molar-refractivity contribution in [2.45, 2.75) is 19.1 Å². The number of pyridine rings is 1. The van der Waals surface area contributed by atoms with Crippen LogP contribution in [0.3, 0.4) is 0 Å². The Bertz CT molecular complexity index is 1320. The molecule has 1 aromatic carbocycles. The monoisotopic (exact) mass is 565 g/mol. The maximum Gasteiger partial charge on any atom is 0.416 e. The molecule has 0 spiro atoms. The number of hydrogen-bond donors (Lipinski definition) is 0. The van der Waals surface area contributed by atoms with E-state index in [1.165, 1.54) is 40.2 Å². The van der Waals surface area contributed by atoms with Gasteiger partial charge in [0, 0.05) is 39.1 Å². The van der Waals surface area contributed by atoms with Gasteiger partial charge in [-0.3, -0.25) is 9.69 Å². The third kappa shape index (κ3) is 6.13. The molecular formula is C22H24ClF4N5O4S. The van der Waals surface area contributed by atoms with E-state index >= 15 is 0 Å². The molecule has 2 heterocycles. The van der Waals surface area contributed by atoms with Crippen LogP contribution in [0.5, 0.6) is 0 Å². The summed E-state index contributed by atoms with van der Waals surface area (Å²) in [5.74, 6) is -2.34. The molecule has 1 fully saturated rings. The van der Waals surface area contributed by atoms with Crippen molar-refractivity contribution < 1.29 is 35.6 Å². The van der Waals surface area contributed by atoms with Gasteiger partial charge in [-0.25, -0.2) is 26.9 Å². The maximum absolute atomic E-state index is 13.6. The SMILES string of the molecule is Cc1cc(C(F)(F)F)cc(N2C(=O)N(CCS(=O)(=O)N(C)C)C[C@H]2C(=O)N(C)c2ccc(F)c(Cl)c2)n1. The van der Waals surface area contributed by atoms with Gasteiger partial charge in [0.25, 0.3) is 5.91 Å². The lowest BCUT2D eigenvalue weighted by Crippen LogP contribution is -2.47. The maximum atomic E-state index is 13.6. The van der Waals surface area contributed by atoms with Crippen molar-refractivity contribution in [2.75, 3.05) is 49.8 Å².